The molecule has 0 atom stereocenters. The maximum Gasteiger partial charge on any atom is 0.297 e. The van der Waals surface area contributed by atoms with Gasteiger partial charge in [-0.15, -0.1) is 10.2 Å². The molecule has 0 radical (unpaired) electrons. The van der Waals surface area contributed by atoms with Crippen molar-refractivity contribution in [2.45, 2.75) is 14.7 Å². The van der Waals surface area contributed by atoms with Crippen LogP contribution in [0.5, 0.6) is 5.75 Å². The molecule has 35 heavy (non-hydrogen) atoms. The Bertz CT molecular complexity index is 1880. The number of nitrogens with zero attached hydrogens (tertiary/aromatic N) is 2. The van der Waals surface area contributed by atoms with Crippen LogP contribution in [0.2, 0.25) is 0 Å². The lowest BCUT2D eigenvalue weighted by atomic mass is 10.1. The van der Waals surface area contributed by atoms with Crippen molar-refractivity contribution in [3.8, 4) is 5.75 Å². The van der Waals surface area contributed by atoms with Gasteiger partial charge in [-0.3, -0.25) is 13.7 Å². The molecule has 0 fully saturated rings. The smallest absolute Gasteiger partial charge is 0.297 e. The van der Waals surface area contributed by atoms with E-state index < -0.39 is 62.2 Å². The second-order valence-electron chi connectivity index (χ2n) is 7.22. The minimum atomic E-state index is -5.07. The summed E-state index contributed by atoms with van der Waals surface area (Å²) < 4.78 is 99.5. The molecular weight excluding hydrogens is 524 g/mol. The number of benzene rings is 4. The Labute approximate surface area is 198 Å². The lowest BCUT2D eigenvalue weighted by molar-refractivity contribution is 0.472. The lowest BCUT2D eigenvalue weighted by Crippen LogP contribution is -2.01. The van der Waals surface area contributed by atoms with Crippen molar-refractivity contribution in [2.75, 3.05) is 0 Å². The molecule has 4 rings (SSSR count). The van der Waals surface area contributed by atoms with Crippen molar-refractivity contribution in [1.82, 2.24) is 0 Å². The molecule has 4 aromatic rings. The summed E-state index contributed by atoms with van der Waals surface area (Å²) in [4.78, 5) is -2.20. The monoisotopic (exact) mass is 538 g/mol. The van der Waals surface area contributed by atoms with Gasteiger partial charge in [0, 0.05) is 10.8 Å². The first-order valence-electron chi connectivity index (χ1n) is 9.33. The molecule has 0 amide bonds. The third-order valence-corrected chi connectivity index (χ3v) is 7.63. The van der Waals surface area contributed by atoms with Crippen molar-refractivity contribution in [2.24, 2.45) is 10.2 Å². The van der Waals surface area contributed by atoms with E-state index in [1.54, 1.807) is 12.1 Å². The van der Waals surface area contributed by atoms with Gasteiger partial charge in [0.25, 0.3) is 30.4 Å². The molecule has 0 saturated heterocycles. The molecule has 12 nitrogen and oxygen atoms in total. The van der Waals surface area contributed by atoms with Crippen LogP contribution in [0.1, 0.15) is 0 Å². The van der Waals surface area contributed by atoms with Crippen LogP contribution < -0.4 is 0 Å². The molecule has 182 valence electrons. The maximum atomic E-state index is 12.1. The van der Waals surface area contributed by atoms with E-state index in [1.807, 2.05) is 0 Å². The summed E-state index contributed by atoms with van der Waals surface area (Å²) in [7, 11) is -14.6. The van der Waals surface area contributed by atoms with Gasteiger partial charge in [0.2, 0.25) is 0 Å². The summed E-state index contributed by atoms with van der Waals surface area (Å²) in [6, 6.07) is 12.4. The molecule has 0 spiro atoms. The van der Waals surface area contributed by atoms with E-state index in [0.29, 0.717) is 5.39 Å². The normalized spacial score (nSPS) is 13.1. The van der Waals surface area contributed by atoms with Gasteiger partial charge in [-0.25, -0.2) is 0 Å². The van der Waals surface area contributed by atoms with Gasteiger partial charge in [0.1, 0.15) is 21.2 Å². The van der Waals surface area contributed by atoms with Gasteiger partial charge in [0.15, 0.2) is 5.75 Å². The highest BCUT2D eigenvalue weighted by molar-refractivity contribution is 7.86. The Hall–Kier alpha value is -3.47. The molecule has 0 aliphatic carbocycles. The molecule has 0 bridgehead atoms. The first-order chi connectivity index (χ1) is 16.2. The van der Waals surface area contributed by atoms with Crippen LogP contribution in [0.4, 0.5) is 11.4 Å². The number of aromatic hydroxyl groups is 1. The van der Waals surface area contributed by atoms with Gasteiger partial charge in [-0.05, 0) is 41.1 Å². The molecule has 4 aromatic carbocycles. The Morgan fingerprint density at radius 2 is 1.31 bits per heavy atom. The lowest BCUT2D eigenvalue weighted by Gasteiger charge is -2.10. The fourth-order valence-electron chi connectivity index (χ4n) is 3.47. The van der Waals surface area contributed by atoms with E-state index in [4.69, 9.17) is 0 Å². The molecule has 0 saturated carbocycles. The van der Waals surface area contributed by atoms with E-state index in [9.17, 15) is 44.0 Å². The van der Waals surface area contributed by atoms with Crippen LogP contribution in [0.3, 0.4) is 0 Å². The van der Waals surface area contributed by atoms with Crippen LogP contribution in [0.25, 0.3) is 21.5 Å². The fourth-order valence-corrected chi connectivity index (χ4v) is 5.48. The predicted octanol–water partition coefficient (Wildman–Crippen LogP) is 3.85. The SMILES string of the molecule is O=S(=O)(O)c1ccc2c(O)c(N=Nc3ccc4ccccc4c3S(=O)(=O)O)c(S(=O)(=O)O)cc2c1. The zero-order valence-corrected chi connectivity index (χ0v) is 19.6. The van der Waals surface area contributed by atoms with Crippen LogP contribution in [0.15, 0.2) is 85.6 Å². The van der Waals surface area contributed by atoms with Crippen LogP contribution in [0, 0.1) is 0 Å². The Morgan fingerprint density at radius 1 is 0.629 bits per heavy atom. The molecule has 0 unspecified atom stereocenters. The minimum Gasteiger partial charge on any atom is -0.505 e. The summed E-state index contributed by atoms with van der Waals surface area (Å²) in [5.74, 6) is -0.838. The maximum absolute atomic E-state index is 12.1. The van der Waals surface area contributed by atoms with E-state index in [2.05, 4.69) is 10.2 Å². The molecule has 0 aliphatic heterocycles. The van der Waals surface area contributed by atoms with E-state index in [-0.39, 0.29) is 16.2 Å². The number of rotatable bonds is 5. The first kappa shape index (κ1) is 24.6. The molecular formula is C20H14N2O10S3. The number of fused-ring (bicyclic) bond motifs is 2. The minimum absolute atomic E-state index is 0.0990. The largest absolute Gasteiger partial charge is 0.505 e. The quantitative estimate of drug-likeness (QED) is 0.213. The Kier molecular flexibility index (Phi) is 5.87. The van der Waals surface area contributed by atoms with Gasteiger partial charge in [-0.2, -0.15) is 25.3 Å². The van der Waals surface area contributed by atoms with Gasteiger partial charge in [-0.1, -0.05) is 30.3 Å². The van der Waals surface area contributed by atoms with Crippen molar-refractivity contribution < 1.29 is 44.0 Å². The van der Waals surface area contributed by atoms with Crippen molar-refractivity contribution in [3.63, 3.8) is 0 Å². The summed E-state index contributed by atoms with van der Waals surface area (Å²) in [6.07, 6.45) is 0. The number of hydrogen-bond acceptors (Lipinski definition) is 9. The highest BCUT2D eigenvalue weighted by Crippen LogP contribution is 2.42. The zero-order valence-electron chi connectivity index (χ0n) is 17.1. The molecule has 0 aromatic heterocycles. The second-order valence-corrected chi connectivity index (χ2v) is 11.4. The summed E-state index contributed by atoms with van der Waals surface area (Å²) in [6.45, 7) is 0. The second kappa shape index (κ2) is 8.33. The third kappa shape index (κ3) is 4.72. The predicted molar refractivity (Wildman–Crippen MR) is 123 cm³/mol. The number of phenols is 1. The summed E-state index contributed by atoms with van der Waals surface area (Å²) in [5, 5.41) is 18.2. The van der Waals surface area contributed by atoms with Gasteiger partial charge >= 0.3 is 0 Å². The molecule has 0 aliphatic rings. The Morgan fingerprint density at radius 3 is 1.94 bits per heavy atom. The summed E-state index contributed by atoms with van der Waals surface area (Å²) >= 11 is 0. The van der Waals surface area contributed by atoms with Crippen LogP contribution in [-0.2, 0) is 30.4 Å². The van der Waals surface area contributed by atoms with E-state index in [1.165, 1.54) is 24.3 Å². The van der Waals surface area contributed by atoms with Crippen molar-refractivity contribution >= 4 is 63.3 Å². The number of azo groups is 1. The van der Waals surface area contributed by atoms with Crippen LogP contribution in [-0.4, -0.2) is 44.0 Å². The third-order valence-electron chi connectivity index (χ3n) is 4.97. The highest BCUT2D eigenvalue weighted by atomic mass is 32.2. The van der Waals surface area contributed by atoms with Crippen LogP contribution >= 0.6 is 0 Å². The van der Waals surface area contributed by atoms with Crippen molar-refractivity contribution in [1.29, 1.82) is 0 Å². The van der Waals surface area contributed by atoms with E-state index >= 15 is 0 Å². The molecule has 0 heterocycles. The standard InChI is InChI=1S/C20H14N2O10S3/c23-19-14-7-6-13(33(24,25)26)9-12(14)10-17(34(27,28)29)18(19)22-21-16-8-5-11-3-1-2-4-15(11)20(16)35(30,31)32/h1-10,23H,(H,24,25,26)(H,27,28,29)(H,30,31,32). The fraction of sp³-hybridized carbons (Fsp3) is 0. The Balaban J connectivity index is 2.00. The first-order valence-corrected chi connectivity index (χ1v) is 13.7. The summed E-state index contributed by atoms with van der Waals surface area (Å²) in [5.41, 5.74) is -1.18. The molecule has 15 heteroatoms. The highest BCUT2D eigenvalue weighted by Gasteiger charge is 2.24. The van der Waals surface area contributed by atoms with Gasteiger partial charge in [0.05, 0.1) is 4.90 Å². The zero-order chi connectivity index (χ0) is 25.8. The van der Waals surface area contributed by atoms with E-state index in [0.717, 1.165) is 24.3 Å². The number of hydrogen-bond donors (Lipinski definition) is 4. The topological polar surface area (TPSA) is 208 Å². The average Bonchev–Trinajstić information content (AvgIpc) is 2.75. The van der Waals surface area contributed by atoms with Crippen molar-refractivity contribution in [3.05, 3.63) is 60.7 Å². The molecule has 4 N–H and O–H groups in total. The number of phenolic OH excluding ortho intramolecular Hbond substituents is 1. The van der Waals surface area contributed by atoms with Gasteiger partial charge < -0.3 is 5.11 Å². The average molecular weight is 539 g/mol.